The van der Waals surface area contributed by atoms with Gasteiger partial charge in [-0.05, 0) is 0 Å². The summed E-state index contributed by atoms with van der Waals surface area (Å²) in [6, 6.07) is 79.6. The molecule has 424 valence electrons. The van der Waals surface area contributed by atoms with Crippen molar-refractivity contribution in [2.24, 2.45) is 0 Å². The lowest BCUT2D eigenvalue weighted by atomic mass is 9.81. The predicted molar refractivity (Wildman–Crippen MR) is 311 cm³/mol. The van der Waals surface area contributed by atoms with E-state index >= 15 is 0 Å². The van der Waals surface area contributed by atoms with E-state index in [1.165, 1.54) is 48.5 Å². The van der Waals surface area contributed by atoms with Crippen LogP contribution in [0.25, 0.3) is 0 Å². The molecule has 12 rings (SSSR count). The van der Waals surface area contributed by atoms with Gasteiger partial charge in [-0.25, -0.2) is 39.9 Å². The predicted octanol–water partition coefficient (Wildman–Crippen LogP) is -3.58. The molecule has 12 aromatic rings. The number of hydrogen-bond acceptors (Lipinski definition) is 8. The minimum absolute atomic E-state index is 0.303. The average molecular weight is 1120 g/mol. The largest absolute Gasteiger partial charge is 0.889 e. The Kier molecular flexibility index (Phi) is 48.3. The summed E-state index contributed by atoms with van der Waals surface area (Å²) in [5.74, 6) is 0. The first kappa shape index (κ1) is 72.0. The van der Waals surface area contributed by atoms with Gasteiger partial charge in [-0.2, -0.15) is 0 Å². The Morgan fingerprint density at radius 3 is 0.286 bits per heavy atom. The fourth-order valence-electron chi connectivity index (χ4n) is 5.18. The monoisotopic (exact) mass is 1120 g/mol. The van der Waals surface area contributed by atoms with Crippen LogP contribution in [0.3, 0.4) is 0 Å². The number of nitrogens with one attached hydrogen (secondary N) is 8. The van der Waals surface area contributed by atoms with Gasteiger partial charge in [-0.15, -0.1) is 21.9 Å². The van der Waals surface area contributed by atoms with Gasteiger partial charge >= 0.3 is 0 Å². The molecular formula is C64H68B4N8O8. The molecule has 8 aromatic heterocycles. The summed E-state index contributed by atoms with van der Waals surface area (Å²) in [6.45, 7) is 0. The maximum Gasteiger partial charge on any atom is 0.166 e. The molecule has 20 heteroatoms. The van der Waals surface area contributed by atoms with E-state index in [-0.39, 0.29) is 0 Å². The number of hydrogen-bond donors (Lipinski definition) is 0. The second-order valence-corrected chi connectivity index (χ2v) is 15.6. The van der Waals surface area contributed by atoms with Gasteiger partial charge in [0.05, 0.1) is 0 Å². The fraction of sp³-hybridized carbons (Fsp3) is 0. The SMILES string of the molecule is [O-]B([O-])c1ccccc1.[O-]B([O-])c1ccccc1.[O-]B([O-])c1ccccc1.[O-]B([O-])c1ccccc1.c1cc[nH+]cc1.c1cc[nH+]cc1.c1cc[nH+]cc1.c1cc[nH+]cc1.c1cc[nH+]cc1.c1cc[nH+]cc1.c1cc[nH+]cc1.c1cc[nH+]cc1. The average Bonchev–Trinajstić information content (AvgIpc) is 3.60. The summed E-state index contributed by atoms with van der Waals surface area (Å²) in [5, 5.41) is 81.4. The Balaban J connectivity index is 0.000000460. The van der Waals surface area contributed by atoms with Crippen molar-refractivity contribution in [2.45, 2.75) is 0 Å². The second kappa shape index (κ2) is 56.3. The van der Waals surface area contributed by atoms with E-state index in [9.17, 15) is 40.2 Å². The molecule has 8 heterocycles. The Bertz CT molecular complexity index is 2290. The number of pyridine rings is 8. The third-order valence-corrected chi connectivity index (χ3v) is 9.14. The van der Waals surface area contributed by atoms with Gasteiger partial charge in [0.1, 0.15) is 0 Å². The van der Waals surface area contributed by atoms with Crippen LogP contribution >= 0.6 is 0 Å². The third-order valence-electron chi connectivity index (χ3n) is 9.14. The Morgan fingerprint density at radius 1 is 0.143 bits per heavy atom. The molecule has 84 heavy (non-hydrogen) atoms. The van der Waals surface area contributed by atoms with Crippen LogP contribution < -0.4 is 102 Å². The molecule has 0 saturated heterocycles. The molecule has 16 nitrogen and oxygen atoms in total. The number of aromatic nitrogens is 8. The molecule has 0 atom stereocenters. The van der Waals surface area contributed by atoms with Crippen LogP contribution in [0, 0.1) is 0 Å². The van der Waals surface area contributed by atoms with Crippen LogP contribution in [0.1, 0.15) is 0 Å². The van der Waals surface area contributed by atoms with E-state index in [1.54, 1.807) is 72.8 Å². The second-order valence-electron chi connectivity index (χ2n) is 15.6. The van der Waals surface area contributed by atoms with Crippen molar-refractivity contribution in [1.82, 2.24) is 0 Å². The van der Waals surface area contributed by atoms with E-state index in [2.05, 4.69) is 39.9 Å². The highest BCUT2D eigenvalue weighted by Crippen LogP contribution is 1.83. The first-order valence-electron chi connectivity index (χ1n) is 26.0. The Morgan fingerprint density at radius 2 is 0.238 bits per heavy atom. The van der Waals surface area contributed by atoms with Crippen LogP contribution in [-0.4, -0.2) is 28.5 Å². The summed E-state index contributed by atoms with van der Waals surface area (Å²) >= 11 is 0. The van der Waals surface area contributed by atoms with Crippen molar-refractivity contribution in [3.63, 3.8) is 0 Å². The standard InChI is InChI=1S/4C6H5BO2.8C5H5N/c4*8-7(9)6-4-2-1-3-5-6;8*1-2-4-6-5-3-1/h4*1-5H;8*1-5H/q4*-2;;;;;;;;/p+8. The van der Waals surface area contributed by atoms with E-state index in [4.69, 9.17) is 0 Å². The van der Waals surface area contributed by atoms with Crippen LogP contribution in [0.2, 0.25) is 0 Å². The van der Waals surface area contributed by atoms with Gasteiger partial charge in [0, 0.05) is 97.1 Å². The van der Waals surface area contributed by atoms with Gasteiger partial charge < -0.3 is 40.2 Å². The van der Waals surface area contributed by atoms with E-state index in [0.29, 0.717) is 21.9 Å². The lowest BCUT2D eigenvalue weighted by Crippen LogP contribution is -2.55. The van der Waals surface area contributed by atoms with Crippen LogP contribution in [0.15, 0.2) is 366 Å². The molecule has 8 N–H and O–H groups in total. The highest BCUT2D eigenvalue weighted by molar-refractivity contribution is 6.56. The molecule has 0 radical (unpaired) electrons. The number of aromatic amines is 8. The molecular weight excluding hydrogens is 1050 g/mol. The third kappa shape index (κ3) is 49.1. The molecule has 0 aliphatic heterocycles. The van der Waals surface area contributed by atoms with Crippen LogP contribution in [0.4, 0.5) is 0 Å². The van der Waals surface area contributed by atoms with E-state index in [1.807, 2.05) is 245 Å². The van der Waals surface area contributed by atoms with Crippen molar-refractivity contribution in [1.29, 1.82) is 0 Å². The highest BCUT2D eigenvalue weighted by atomic mass is 16.4. The molecule has 0 bridgehead atoms. The summed E-state index contributed by atoms with van der Waals surface area (Å²) in [5.41, 5.74) is 1.21. The zero-order valence-electron chi connectivity index (χ0n) is 46.2. The molecule has 0 unspecified atom stereocenters. The summed E-state index contributed by atoms with van der Waals surface area (Å²) in [7, 11) is -7.37. The molecule has 0 saturated carbocycles. The normalized spacial score (nSPS) is 8.48. The van der Waals surface area contributed by atoms with Crippen molar-refractivity contribution in [3.05, 3.63) is 366 Å². The maximum atomic E-state index is 10.2. The Hall–Kier alpha value is -9.98. The highest BCUT2D eigenvalue weighted by Gasteiger charge is 1.84. The zero-order chi connectivity index (χ0) is 60.7. The number of rotatable bonds is 4. The molecule has 0 aliphatic rings. The molecule has 4 aromatic carbocycles. The summed E-state index contributed by atoms with van der Waals surface area (Å²) in [6.07, 6.45) is 30.0. The summed E-state index contributed by atoms with van der Waals surface area (Å²) in [4.78, 5) is 23.1. The zero-order valence-corrected chi connectivity index (χ0v) is 46.2. The molecule has 0 spiro atoms. The van der Waals surface area contributed by atoms with Gasteiger partial charge in [-0.1, -0.05) is 198 Å². The first-order chi connectivity index (χ1) is 41.2. The van der Waals surface area contributed by atoms with E-state index < -0.39 is 28.5 Å². The van der Waals surface area contributed by atoms with Gasteiger partial charge in [0.25, 0.3) is 0 Å². The van der Waals surface area contributed by atoms with Crippen LogP contribution in [-0.2, 0) is 0 Å². The van der Waals surface area contributed by atoms with Crippen molar-refractivity contribution >= 4 is 50.3 Å². The molecule has 0 fully saturated rings. The van der Waals surface area contributed by atoms with Crippen molar-refractivity contribution in [3.8, 4) is 0 Å². The van der Waals surface area contributed by atoms with Crippen molar-refractivity contribution in [2.75, 3.05) is 0 Å². The van der Waals surface area contributed by atoms with Gasteiger partial charge in [-0.3, -0.25) is 0 Å². The summed E-state index contributed by atoms with van der Waals surface area (Å²) < 4.78 is 0. The lowest BCUT2D eigenvalue weighted by molar-refractivity contribution is -0.378. The van der Waals surface area contributed by atoms with Gasteiger partial charge in [0.15, 0.2) is 99.1 Å². The molecule has 0 amide bonds. The van der Waals surface area contributed by atoms with Crippen LogP contribution in [0.5, 0.6) is 0 Å². The number of benzene rings is 4. The first-order valence-corrected chi connectivity index (χ1v) is 26.0. The smallest absolute Gasteiger partial charge is 0.166 e. The minimum atomic E-state index is -1.84. The van der Waals surface area contributed by atoms with Crippen molar-refractivity contribution < 1.29 is 80.1 Å². The minimum Gasteiger partial charge on any atom is -0.889 e. The van der Waals surface area contributed by atoms with Gasteiger partial charge in [0.2, 0.25) is 0 Å². The lowest BCUT2D eigenvalue weighted by Gasteiger charge is -2.26. The quantitative estimate of drug-likeness (QED) is 0.158. The maximum absolute atomic E-state index is 10.2. The Labute approximate surface area is 494 Å². The number of H-pyrrole nitrogens is 8. The van der Waals surface area contributed by atoms with E-state index in [0.717, 1.165) is 0 Å². The topological polar surface area (TPSA) is 298 Å². The fourth-order valence-corrected chi connectivity index (χ4v) is 5.18. The molecule has 0 aliphatic carbocycles.